The van der Waals surface area contributed by atoms with Gasteiger partial charge in [-0.25, -0.2) is 13.8 Å². The van der Waals surface area contributed by atoms with E-state index in [1.807, 2.05) is 0 Å². The molecular formula is C9H5F2N3O. The molecule has 0 aromatic carbocycles. The van der Waals surface area contributed by atoms with Crippen molar-refractivity contribution in [2.75, 3.05) is 0 Å². The fourth-order valence-corrected chi connectivity index (χ4v) is 1.02. The molecule has 0 fully saturated rings. The van der Waals surface area contributed by atoms with E-state index in [1.54, 1.807) is 6.07 Å². The molecule has 0 aliphatic heterocycles. The number of aromatic nitrogens is 1. The normalized spacial score (nSPS) is 9.67. The van der Waals surface area contributed by atoms with Crippen LogP contribution in [-0.4, -0.2) is 10.1 Å². The second-order valence-corrected chi connectivity index (χ2v) is 2.63. The largest absolute Gasteiger partial charge is 0.506 e. The maximum atomic E-state index is 12.4. The number of alkyl halides is 2. The van der Waals surface area contributed by atoms with Crippen LogP contribution in [0.3, 0.4) is 0 Å². The van der Waals surface area contributed by atoms with E-state index in [0.29, 0.717) is 0 Å². The molecule has 0 radical (unpaired) electrons. The fraction of sp³-hybridized carbons (Fsp3) is 0.222. The first-order chi connectivity index (χ1) is 7.10. The molecule has 0 spiro atoms. The van der Waals surface area contributed by atoms with Gasteiger partial charge in [0.05, 0.1) is 23.7 Å². The number of hydrogen-bond donors (Lipinski definition) is 1. The maximum Gasteiger partial charge on any atom is 0.281 e. The summed E-state index contributed by atoms with van der Waals surface area (Å²) in [5.74, 6) is -0.419. The Morgan fingerprint density at radius 3 is 2.60 bits per heavy atom. The highest BCUT2D eigenvalue weighted by Crippen LogP contribution is 2.26. The molecule has 4 nitrogen and oxygen atoms in total. The maximum absolute atomic E-state index is 12.4. The Kier molecular flexibility index (Phi) is 3.14. The van der Waals surface area contributed by atoms with E-state index in [9.17, 15) is 13.9 Å². The Labute approximate surface area is 84.0 Å². The highest BCUT2D eigenvalue weighted by atomic mass is 19.3. The third-order valence-electron chi connectivity index (χ3n) is 1.68. The average molecular weight is 209 g/mol. The van der Waals surface area contributed by atoms with Crippen molar-refractivity contribution in [1.82, 2.24) is 4.98 Å². The molecule has 0 atom stereocenters. The van der Waals surface area contributed by atoms with E-state index in [2.05, 4.69) is 4.98 Å². The molecule has 0 bridgehead atoms. The SMILES string of the molecule is N#CCc1nc(C(F)F)c(C#N)cc1O. The van der Waals surface area contributed by atoms with Crippen LogP contribution in [0.1, 0.15) is 23.4 Å². The molecule has 0 saturated carbocycles. The summed E-state index contributed by atoms with van der Waals surface area (Å²) in [5, 5.41) is 26.1. The molecular weight excluding hydrogens is 204 g/mol. The topological polar surface area (TPSA) is 80.7 Å². The van der Waals surface area contributed by atoms with Crippen LogP contribution < -0.4 is 0 Å². The number of halogens is 2. The van der Waals surface area contributed by atoms with Gasteiger partial charge in [0.15, 0.2) is 0 Å². The standard InChI is InChI=1S/C9H5F2N3O/c10-9(11)8-5(4-13)3-7(15)6(14-8)1-2-12/h3,9,15H,1H2. The summed E-state index contributed by atoms with van der Waals surface area (Å²) in [6.45, 7) is 0. The predicted octanol–water partition coefficient (Wildman–Crippen LogP) is 1.66. The Morgan fingerprint density at radius 2 is 2.13 bits per heavy atom. The molecule has 0 unspecified atom stereocenters. The van der Waals surface area contributed by atoms with Gasteiger partial charge in [-0.2, -0.15) is 10.5 Å². The molecule has 1 N–H and O–H groups in total. The van der Waals surface area contributed by atoms with Gasteiger partial charge in [0.2, 0.25) is 0 Å². The number of nitrogens with zero attached hydrogens (tertiary/aromatic N) is 3. The van der Waals surface area contributed by atoms with Crippen molar-refractivity contribution < 1.29 is 13.9 Å². The average Bonchev–Trinajstić information content (AvgIpc) is 2.20. The highest BCUT2D eigenvalue weighted by Gasteiger charge is 2.18. The van der Waals surface area contributed by atoms with Crippen molar-refractivity contribution in [2.24, 2.45) is 0 Å². The molecule has 76 valence electrons. The third-order valence-corrected chi connectivity index (χ3v) is 1.68. The molecule has 1 aromatic heterocycles. The van der Waals surface area contributed by atoms with E-state index >= 15 is 0 Å². The van der Waals surface area contributed by atoms with Gasteiger partial charge >= 0.3 is 0 Å². The number of nitriles is 2. The summed E-state index contributed by atoms with van der Waals surface area (Å²) >= 11 is 0. The van der Waals surface area contributed by atoms with E-state index in [1.165, 1.54) is 6.07 Å². The zero-order chi connectivity index (χ0) is 11.4. The number of pyridine rings is 1. The Balaban J connectivity index is 3.33. The van der Waals surface area contributed by atoms with Crippen LogP contribution in [0.5, 0.6) is 5.75 Å². The Morgan fingerprint density at radius 1 is 1.47 bits per heavy atom. The summed E-state index contributed by atoms with van der Waals surface area (Å²) in [4.78, 5) is 3.39. The summed E-state index contributed by atoms with van der Waals surface area (Å²) in [6, 6.07) is 4.07. The zero-order valence-corrected chi connectivity index (χ0v) is 7.41. The molecule has 0 saturated heterocycles. The number of hydrogen-bond acceptors (Lipinski definition) is 4. The summed E-state index contributed by atoms with van der Waals surface area (Å²) < 4.78 is 24.8. The summed E-state index contributed by atoms with van der Waals surface area (Å²) in [6.07, 6.45) is -3.19. The lowest BCUT2D eigenvalue weighted by Crippen LogP contribution is -2.00. The fourth-order valence-electron chi connectivity index (χ4n) is 1.02. The quantitative estimate of drug-likeness (QED) is 0.803. The first kappa shape index (κ1) is 10.9. The molecule has 0 aliphatic rings. The summed E-state index contributed by atoms with van der Waals surface area (Å²) in [7, 11) is 0. The second kappa shape index (κ2) is 4.34. The minimum absolute atomic E-state index is 0.146. The lowest BCUT2D eigenvalue weighted by atomic mass is 10.1. The smallest absolute Gasteiger partial charge is 0.281 e. The van der Waals surface area contributed by atoms with Crippen molar-refractivity contribution in [2.45, 2.75) is 12.8 Å². The first-order valence-electron chi connectivity index (χ1n) is 3.88. The van der Waals surface area contributed by atoms with Crippen LogP contribution in [-0.2, 0) is 6.42 Å². The second-order valence-electron chi connectivity index (χ2n) is 2.63. The van der Waals surface area contributed by atoms with Crippen LogP contribution in [0, 0.1) is 22.7 Å². The van der Waals surface area contributed by atoms with Crippen molar-refractivity contribution in [3.63, 3.8) is 0 Å². The minimum Gasteiger partial charge on any atom is -0.506 e. The van der Waals surface area contributed by atoms with Gasteiger partial charge in [0.1, 0.15) is 17.5 Å². The van der Waals surface area contributed by atoms with Crippen LogP contribution in [0.25, 0.3) is 0 Å². The van der Waals surface area contributed by atoms with Crippen LogP contribution in [0.4, 0.5) is 8.78 Å². The molecule has 6 heteroatoms. The highest BCUT2D eigenvalue weighted by molar-refractivity contribution is 5.42. The van der Waals surface area contributed by atoms with Crippen molar-refractivity contribution in [3.8, 4) is 17.9 Å². The van der Waals surface area contributed by atoms with Crippen molar-refractivity contribution in [3.05, 3.63) is 23.0 Å². The molecule has 1 rings (SSSR count). The van der Waals surface area contributed by atoms with Crippen molar-refractivity contribution in [1.29, 1.82) is 10.5 Å². The summed E-state index contributed by atoms with van der Waals surface area (Å²) in [5.41, 5.74) is -1.24. The molecule has 0 aliphatic carbocycles. The molecule has 15 heavy (non-hydrogen) atoms. The molecule has 0 amide bonds. The molecule has 1 aromatic rings. The van der Waals surface area contributed by atoms with Gasteiger partial charge in [-0.15, -0.1) is 0 Å². The van der Waals surface area contributed by atoms with Gasteiger partial charge in [0.25, 0.3) is 6.43 Å². The lowest BCUT2D eigenvalue weighted by Gasteiger charge is -2.05. The minimum atomic E-state index is -2.90. The van der Waals surface area contributed by atoms with E-state index < -0.39 is 17.9 Å². The first-order valence-corrected chi connectivity index (χ1v) is 3.88. The number of rotatable bonds is 2. The van der Waals surface area contributed by atoms with Gasteiger partial charge in [-0.3, -0.25) is 0 Å². The predicted molar refractivity (Wildman–Crippen MR) is 44.9 cm³/mol. The third kappa shape index (κ3) is 2.18. The van der Waals surface area contributed by atoms with E-state index in [0.717, 1.165) is 6.07 Å². The van der Waals surface area contributed by atoms with Crippen LogP contribution in [0.15, 0.2) is 6.07 Å². The van der Waals surface area contributed by atoms with Crippen molar-refractivity contribution >= 4 is 0 Å². The van der Waals surface area contributed by atoms with E-state index in [4.69, 9.17) is 10.5 Å². The van der Waals surface area contributed by atoms with E-state index in [-0.39, 0.29) is 17.7 Å². The van der Waals surface area contributed by atoms with Crippen LogP contribution in [0.2, 0.25) is 0 Å². The lowest BCUT2D eigenvalue weighted by molar-refractivity contribution is 0.145. The van der Waals surface area contributed by atoms with Gasteiger partial charge in [0, 0.05) is 6.07 Å². The number of aromatic hydroxyl groups is 1. The zero-order valence-electron chi connectivity index (χ0n) is 7.41. The Hall–Kier alpha value is -2.21. The molecule has 1 heterocycles. The van der Waals surface area contributed by atoms with Gasteiger partial charge in [-0.1, -0.05) is 0 Å². The van der Waals surface area contributed by atoms with Crippen LogP contribution >= 0.6 is 0 Å². The monoisotopic (exact) mass is 209 g/mol. The van der Waals surface area contributed by atoms with Gasteiger partial charge < -0.3 is 5.11 Å². The van der Waals surface area contributed by atoms with Gasteiger partial charge in [-0.05, 0) is 0 Å². The Bertz CT molecular complexity index is 460.